The quantitative estimate of drug-likeness (QED) is 0.243. The number of esters is 1. The Balaban J connectivity index is 1.75. The van der Waals surface area contributed by atoms with Crippen LogP contribution in [-0.2, 0) is 14.3 Å². The van der Waals surface area contributed by atoms with Crippen LogP contribution in [0.25, 0.3) is 39.0 Å². The van der Waals surface area contributed by atoms with Gasteiger partial charge in [-0.3, -0.25) is 0 Å². The second-order valence-electron chi connectivity index (χ2n) is 6.54. The van der Waals surface area contributed by atoms with Crippen LogP contribution in [0.4, 0.5) is 0 Å². The van der Waals surface area contributed by atoms with Gasteiger partial charge in [0.25, 0.3) is 0 Å². The lowest BCUT2D eigenvalue weighted by atomic mass is 10.0. The molecule has 0 unspecified atom stereocenters. The molecule has 0 saturated heterocycles. The number of furan rings is 1. The third-order valence-electron chi connectivity index (χ3n) is 4.75. The van der Waals surface area contributed by atoms with E-state index in [0.29, 0.717) is 16.7 Å². The molecular formula is C25H20O4. The first kappa shape index (κ1) is 18.6. The van der Waals surface area contributed by atoms with E-state index in [-0.39, 0.29) is 0 Å². The van der Waals surface area contributed by atoms with Gasteiger partial charge >= 0.3 is 5.97 Å². The van der Waals surface area contributed by atoms with Crippen molar-refractivity contribution in [2.75, 3.05) is 14.2 Å². The predicted molar refractivity (Wildman–Crippen MR) is 114 cm³/mol. The van der Waals surface area contributed by atoms with E-state index in [2.05, 4.69) is 24.3 Å². The first-order valence-electron chi connectivity index (χ1n) is 9.21. The third-order valence-corrected chi connectivity index (χ3v) is 4.75. The average molecular weight is 384 g/mol. The molecule has 1 heterocycles. The Bertz CT molecular complexity index is 1170. The Hall–Kier alpha value is -3.79. The molecule has 0 N–H and O–H groups in total. The first-order chi connectivity index (χ1) is 14.2. The standard InChI is InChI=1S/C25H20O4/c1-27-16-22(25(26)28-2)21-10-6-9-20-15-23(29-24(20)21)19-13-11-18(12-14-19)17-7-4-3-5-8-17/h3-16H,1-2H3/b22-16+. The molecule has 0 amide bonds. The van der Waals surface area contributed by atoms with E-state index in [1.807, 2.05) is 54.6 Å². The monoisotopic (exact) mass is 384 g/mol. The smallest absolute Gasteiger partial charge is 0.341 e. The number of fused-ring (bicyclic) bond motifs is 1. The summed E-state index contributed by atoms with van der Waals surface area (Å²) in [6.45, 7) is 0. The van der Waals surface area contributed by atoms with E-state index in [4.69, 9.17) is 13.9 Å². The zero-order chi connectivity index (χ0) is 20.2. The van der Waals surface area contributed by atoms with E-state index in [1.54, 1.807) is 0 Å². The summed E-state index contributed by atoms with van der Waals surface area (Å²) in [6, 6.07) is 26.0. The lowest BCUT2D eigenvalue weighted by Crippen LogP contribution is -2.04. The lowest BCUT2D eigenvalue weighted by Gasteiger charge is -2.06. The SMILES string of the molecule is CO/C=C(/C(=O)OC)c1cccc2cc(-c3ccc(-c4ccccc4)cc3)oc12. The van der Waals surface area contributed by atoms with Crippen LogP contribution in [0.5, 0.6) is 0 Å². The highest BCUT2D eigenvalue weighted by Crippen LogP contribution is 2.34. The number of carbonyl (C=O) groups is 1. The van der Waals surface area contributed by atoms with E-state index >= 15 is 0 Å². The summed E-state index contributed by atoms with van der Waals surface area (Å²) in [5.41, 5.74) is 4.82. The fraction of sp³-hybridized carbons (Fsp3) is 0.0800. The second kappa shape index (κ2) is 8.07. The number of para-hydroxylation sites is 1. The van der Waals surface area contributed by atoms with Crippen molar-refractivity contribution in [3.05, 3.63) is 90.7 Å². The molecule has 0 bridgehead atoms. The topological polar surface area (TPSA) is 48.7 Å². The van der Waals surface area contributed by atoms with Gasteiger partial charge in [-0.25, -0.2) is 4.79 Å². The molecule has 29 heavy (non-hydrogen) atoms. The first-order valence-corrected chi connectivity index (χ1v) is 9.21. The summed E-state index contributed by atoms with van der Waals surface area (Å²) >= 11 is 0. The van der Waals surface area contributed by atoms with E-state index in [9.17, 15) is 4.79 Å². The molecule has 0 aliphatic rings. The number of ether oxygens (including phenoxy) is 2. The Morgan fingerprint density at radius 3 is 2.21 bits per heavy atom. The molecule has 0 fully saturated rings. The highest BCUT2D eigenvalue weighted by Gasteiger charge is 2.19. The number of carbonyl (C=O) groups excluding carboxylic acids is 1. The van der Waals surface area contributed by atoms with Gasteiger partial charge in [-0.05, 0) is 17.2 Å². The highest BCUT2D eigenvalue weighted by molar-refractivity contribution is 6.19. The molecule has 4 heteroatoms. The number of rotatable bonds is 5. The summed E-state index contributed by atoms with van der Waals surface area (Å²) in [7, 11) is 2.83. The Kier molecular flexibility index (Phi) is 5.16. The molecule has 0 aliphatic heterocycles. The summed E-state index contributed by atoms with van der Waals surface area (Å²) in [5.74, 6) is 0.248. The van der Waals surface area contributed by atoms with Crippen LogP contribution in [0.15, 0.2) is 89.5 Å². The van der Waals surface area contributed by atoms with E-state index in [1.165, 1.54) is 26.0 Å². The Morgan fingerprint density at radius 2 is 1.52 bits per heavy atom. The number of methoxy groups -OCH3 is 2. The molecule has 3 aromatic carbocycles. The molecule has 4 nitrogen and oxygen atoms in total. The number of hydrogen-bond donors (Lipinski definition) is 0. The summed E-state index contributed by atoms with van der Waals surface area (Å²) in [4.78, 5) is 12.2. The van der Waals surface area contributed by atoms with Crippen molar-refractivity contribution in [3.63, 3.8) is 0 Å². The van der Waals surface area contributed by atoms with Crippen LogP contribution in [0.3, 0.4) is 0 Å². The van der Waals surface area contributed by atoms with Gasteiger partial charge in [0, 0.05) is 16.5 Å². The van der Waals surface area contributed by atoms with Gasteiger partial charge in [0.15, 0.2) is 0 Å². The predicted octanol–water partition coefficient (Wildman–Crippen LogP) is 5.93. The van der Waals surface area contributed by atoms with Gasteiger partial charge in [0.05, 0.1) is 20.5 Å². The fourth-order valence-electron chi connectivity index (χ4n) is 3.32. The zero-order valence-electron chi connectivity index (χ0n) is 16.2. The maximum Gasteiger partial charge on any atom is 0.341 e. The van der Waals surface area contributed by atoms with Crippen molar-refractivity contribution >= 4 is 22.5 Å². The maximum absolute atomic E-state index is 12.2. The summed E-state index contributed by atoms with van der Waals surface area (Å²) < 4.78 is 16.1. The highest BCUT2D eigenvalue weighted by atomic mass is 16.5. The van der Waals surface area contributed by atoms with Crippen LogP contribution in [0.2, 0.25) is 0 Å². The minimum atomic E-state index is -0.482. The zero-order valence-corrected chi connectivity index (χ0v) is 16.2. The van der Waals surface area contributed by atoms with Gasteiger partial charge in [-0.2, -0.15) is 0 Å². The van der Waals surface area contributed by atoms with Gasteiger partial charge < -0.3 is 13.9 Å². The fourth-order valence-corrected chi connectivity index (χ4v) is 3.32. The van der Waals surface area contributed by atoms with Crippen molar-refractivity contribution in [2.45, 2.75) is 0 Å². The minimum absolute atomic E-state index is 0.306. The van der Waals surface area contributed by atoms with Gasteiger partial charge in [-0.15, -0.1) is 0 Å². The molecule has 0 spiro atoms. The van der Waals surface area contributed by atoms with Crippen molar-refractivity contribution < 1.29 is 18.7 Å². The van der Waals surface area contributed by atoms with Crippen molar-refractivity contribution in [1.82, 2.24) is 0 Å². The van der Waals surface area contributed by atoms with Crippen LogP contribution in [0.1, 0.15) is 5.56 Å². The molecule has 4 aromatic rings. The van der Waals surface area contributed by atoms with Crippen molar-refractivity contribution in [2.24, 2.45) is 0 Å². The van der Waals surface area contributed by atoms with Gasteiger partial charge in [0.2, 0.25) is 0 Å². The van der Waals surface area contributed by atoms with Crippen LogP contribution >= 0.6 is 0 Å². The molecule has 0 atom stereocenters. The normalized spacial score (nSPS) is 11.4. The second-order valence-corrected chi connectivity index (χ2v) is 6.54. The molecule has 4 rings (SSSR count). The van der Waals surface area contributed by atoms with Gasteiger partial charge in [0.1, 0.15) is 16.9 Å². The molecule has 0 radical (unpaired) electrons. The lowest BCUT2D eigenvalue weighted by molar-refractivity contribution is -0.133. The molecule has 0 saturated carbocycles. The van der Waals surface area contributed by atoms with Crippen LogP contribution in [-0.4, -0.2) is 20.2 Å². The molecule has 144 valence electrons. The van der Waals surface area contributed by atoms with E-state index in [0.717, 1.165) is 22.3 Å². The average Bonchev–Trinajstić information content (AvgIpc) is 3.22. The minimum Gasteiger partial charge on any atom is -0.503 e. The van der Waals surface area contributed by atoms with Gasteiger partial charge in [-0.1, -0.05) is 72.8 Å². The number of benzene rings is 3. The number of hydrogen-bond acceptors (Lipinski definition) is 4. The van der Waals surface area contributed by atoms with E-state index < -0.39 is 5.97 Å². The third kappa shape index (κ3) is 3.65. The summed E-state index contributed by atoms with van der Waals surface area (Å²) in [6.07, 6.45) is 1.37. The molecule has 0 aliphatic carbocycles. The summed E-state index contributed by atoms with van der Waals surface area (Å²) in [5, 5.41) is 0.899. The molecule has 1 aromatic heterocycles. The van der Waals surface area contributed by atoms with Crippen molar-refractivity contribution in [3.8, 4) is 22.5 Å². The largest absolute Gasteiger partial charge is 0.503 e. The van der Waals surface area contributed by atoms with Crippen LogP contribution in [0, 0.1) is 0 Å². The Labute approximate surface area is 169 Å². The maximum atomic E-state index is 12.2. The van der Waals surface area contributed by atoms with Crippen molar-refractivity contribution in [1.29, 1.82) is 0 Å². The molecular weight excluding hydrogens is 364 g/mol. The van der Waals surface area contributed by atoms with Crippen LogP contribution < -0.4 is 0 Å². The Morgan fingerprint density at radius 1 is 0.828 bits per heavy atom.